The number of aliphatic carboxylic acids is 1. The maximum Gasteiger partial charge on any atom is 0.312 e. The number of carboxylic acid groups (broad SMARTS) is 1. The summed E-state index contributed by atoms with van der Waals surface area (Å²) in [4.78, 5) is 25.8. The summed E-state index contributed by atoms with van der Waals surface area (Å²) >= 11 is 5.92. The SMILES string of the molecule is Cn1cc(Cl)cc1C(=O)N1Cc2ccccc2C(C(=O)O)C1. The van der Waals surface area contributed by atoms with Crippen molar-refractivity contribution in [2.75, 3.05) is 6.54 Å². The van der Waals surface area contributed by atoms with E-state index in [2.05, 4.69) is 0 Å². The first-order chi connectivity index (χ1) is 10.5. The molecule has 1 unspecified atom stereocenters. The number of aromatic nitrogens is 1. The van der Waals surface area contributed by atoms with Crippen LogP contribution in [-0.2, 0) is 18.4 Å². The fraction of sp³-hybridized carbons (Fsp3) is 0.250. The largest absolute Gasteiger partial charge is 0.481 e. The Kier molecular flexibility index (Phi) is 3.66. The molecule has 2 heterocycles. The van der Waals surface area contributed by atoms with Crippen LogP contribution in [-0.4, -0.2) is 33.0 Å². The number of aryl methyl sites for hydroxylation is 1. The molecular formula is C16H15ClN2O3. The first-order valence-corrected chi connectivity index (χ1v) is 7.27. The number of carboxylic acids is 1. The summed E-state index contributed by atoms with van der Waals surface area (Å²) in [6, 6.07) is 8.95. The number of benzene rings is 1. The van der Waals surface area contributed by atoms with Gasteiger partial charge in [0.05, 0.1) is 10.9 Å². The summed E-state index contributed by atoms with van der Waals surface area (Å²) < 4.78 is 1.65. The van der Waals surface area contributed by atoms with E-state index in [-0.39, 0.29) is 12.5 Å². The van der Waals surface area contributed by atoms with E-state index in [1.807, 2.05) is 24.3 Å². The van der Waals surface area contributed by atoms with Crippen LogP contribution in [0.3, 0.4) is 0 Å². The third-order valence-corrected chi connectivity index (χ3v) is 4.18. The van der Waals surface area contributed by atoms with Crippen molar-refractivity contribution in [2.24, 2.45) is 7.05 Å². The Labute approximate surface area is 132 Å². The first kappa shape index (κ1) is 14.7. The molecule has 6 heteroatoms. The second kappa shape index (κ2) is 5.50. The molecule has 1 N–H and O–H groups in total. The highest BCUT2D eigenvalue weighted by molar-refractivity contribution is 6.31. The number of amides is 1. The highest BCUT2D eigenvalue weighted by atomic mass is 35.5. The highest BCUT2D eigenvalue weighted by Crippen LogP contribution is 2.29. The lowest BCUT2D eigenvalue weighted by atomic mass is 9.89. The normalized spacial score (nSPS) is 17.2. The summed E-state index contributed by atoms with van der Waals surface area (Å²) in [7, 11) is 1.74. The first-order valence-electron chi connectivity index (χ1n) is 6.89. The van der Waals surface area contributed by atoms with Gasteiger partial charge >= 0.3 is 5.97 Å². The fourth-order valence-electron chi connectivity index (χ4n) is 2.87. The lowest BCUT2D eigenvalue weighted by molar-refractivity contribution is -0.139. The average Bonchev–Trinajstić information content (AvgIpc) is 2.83. The van der Waals surface area contributed by atoms with Crippen molar-refractivity contribution in [3.8, 4) is 0 Å². The molecule has 5 nitrogen and oxygen atoms in total. The second-order valence-corrected chi connectivity index (χ2v) is 5.87. The molecule has 22 heavy (non-hydrogen) atoms. The number of hydrogen-bond acceptors (Lipinski definition) is 2. The molecule has 0 saturated heterocycles. The Morgan fingerprint density at radius 3 is 2.68 bits per heavy atom. The molecule has 2 aromatic rings. The number of nitrogens with zero attached hydrogens (tertiary/aromatic N) is 2. The Bertz CT molecular complexity index is 754. The van der Waals surface area contributed by atoms with Gasteiger partial charge in [0.2, 0.25) is 0 Å². The summed E-state index contributed by atoms with van der Waals surface area (Å²) in [5.41, 5.74) is 2.10. The summed E-state index contributed by atoms with van der Waals surface area (Å²) in [6.07, 6.45) is 1.65. The minimum Gasteiger partial charge on any atom is -0.481 e. The molecule has 3 rings (SSSR count). The molecule has 114 valence electrons. The summed E-state index contributed by atoms with van der Waals surface area (Å²) in [5, 5.41) is 9.93. The predicted molar refractivity (Wildman–Crippen MR) is 82.0 cm³/mol. The summed E-state index contributed by atoms with van der Waals surface area (Å²) in [6.45, 7) is 0.565. The molecule has 0 spiro atoms. The van der Waals surface area contributed by atoms with E-state index in [1.54, 1.807) is 28.8 Å². The summed E-state index contributed by atoms with van der Waals surface area (Å²) in [5.74, 6) is -1.84. The quantitative estimate of drug-likeness (QED) is 0.925. The standard InChI is InChI=1S/C16H15ClN2O3/c1-18-8-11(17)6-14(18)15(20)19-7-10-4-2-3-5-12(10)13(9-19)16(21)22/h2-6,8,13H,7,9H2,1H3,(H,21,22). The van der Waals surface area contributed by atoms with Crippen LogP contribution in [0.2, 0.25) is 5.02 Å². The van der Waals surface area contributed by atoms with E-state index in [9.17, 15) is 14.7 Å². The Morgan fingerprint density at radius 1 is 1.32 bits per heavy atom. The lowest BCUT2D eigenvalue weighted by Crippen LogP contribution is -2.41. The molecule has 0 radical (unpaired) electrons. The molecule has 0 bridgehead atoms. The van der Waals surface area contributed by atoms with Gasteiger partial charge < -0.3 is 14.6 Å². The van der Waals surface area contributed by atoms with E-state index in [1.165, 1.54) is 0 Å². The number of hydrogen-bond donors (Lipinski definition) is 1. The van der Waals surface area contributed by atoms with Gasteiger partial charge in [-0.1, -0.05) is 35.9 Å². The molecule has 1 aromatic heterocycles. The zero-order valence-corrected chi connectivity index (χ0v) is 12.7. The van der Waals surface area contributed by atoms with Crippen molar-refractivity contribution in [2.45, 2.75) is 12.5 Å². The zero-order chi connectivity index (χ0) is 15.9. The Balaban J connectivity index is 1.95. The number of rotatable bonds is 2. The topological polar surface area (TPSA) is 62.5 Å². The highest BCUT2D eigenvalue weighted by Gasteiger charge is 2.33. The Morgan fingerprint density at radius 2 is 2.05 bits per heavy atom. The van der Waals surface area contributed by atoms with Gasteiger partial charge in [0.25, 0.3) is 5.91 Å². The minimum absolute atomic E-state index is 0.161. The number of fused-ring (bicyclic) bond motifs is 1. The van der Waals surface area contributed by atoms with Gasteiger partial charge in [0, 0.05) is 26.3 Å². The number of carbonyl (C=O) groups excluding carboxylic acids is 1. The van der Waals surface area contributed by atoms with Crippen LogP contribution in [0.25, 0.3) is 0 Å². The van der Waals surface area contributed by atoms with Crippen molar-refractivity contribution in [3.63, 3.8) is 0 Å². The van der Waals surface area contributed by atoms with Crippen LogP contribution in [0.5, 0.6) is 0 Å². The maximum atomic E-state index is 12.7. The third-order valence-electron chi connectivity index (χ3n) is 3.97. The van der Waals surface area contributed by atoms with E-state index < -0.39 is 11.9 Å². The van der Waals surface area contributed by atoms with Crippen molar-refractivity contribution in [1.29, 1.82) is 0 Å². The van der Waals surface area contributed by atoms with Crippen LogP contribution < -0.4 is 0 Å². The smallest absolute Gasteiger partial charge is 0.312 e. The lowest BCUT2D eigenvalue weighted by Gasteiger charge is -2.32. The molecule has 0 fully saturated rings. The van der Waals surface area contributed by atoms with E-state index >= 15 is 0 Å². The van der Waals surface area contributed by atoms with Gasteiger partial charge in [0.1, 0.15) is 5.69 Å². The van der Waals surface area contributed by atoms with Crippen molar-refractivity contribution < 1.29 is 14.7 Å². The van der Waals surface area contributed by atoms with E-state index in [4.69, 9.17) is 11.6 Å². The van der Waals surface area contributed by atoms with Gasteiger partial charge in [-0.2, -0.15) is 0 Å². The molecule has 1 atom stereocenters. The van der Waals surface area contributed by atoms with E-state index in [0.29, 0.717) is 17.3 Å². The van der Waals surface area contributed by atoms with Gasteiger partial charge in [0.15, 0.2) is 0 Å². The molecule has 1 aliphatic heterocycles. The molecular weight excluding hydrogens is 304 g/mol. The van der Waals surface area contributed by atoms with Crippen LogP contribution >= 0.6 is 11.6 Å². The third kappa shape index (κ3) is 2.48. The number of halogens is 1. The monoisotopic (exact) mass is 318 g/mol. The van der Waals surface area contributed by atoms with Gasteiger partial charge in [-0.25, -0.2) is 0 Å². The van der Waals surface area contributed by atoms with Gasteiger partial charge in [-0.3, -0.25) is 9.59 Å². The number of carbonyl (C=O) groups is 2. The van der Waals surface area contributed by atoms with Gasteiger partial charge in [-0.15, -0.1) is 0 Å². The Hall–Kier alpha value is -2.27. The van der Waals surface area contributed by atoms with Crippen LogP contribution in [0.15, 0.2) is 36.5 Å². The van der Waals surface area contributed by atoms with E-state index in [0.717, 1.165) is 11.1 Å². The maximum absolute atomic E-state index is 12.7. The van der Waals surface area contributed by atoms with Crippen LogP contribution in [0.1, 0.15) is 27.5 Å². The predicted octanol–water partition coefficient (Wildman–Crippen LogP) is 2.50. The van der Waals surface area contributed by atoms with Crippen molar-refractivity contribution in [1.82, 2.24) is 9.47 Å². The molecule has 1 amide bonds. The van der Waals surface area contributed by atoms with Crippen molar-refractivity contribution in [3.05, 3.63) is 58.4 Å². The van der Waals surface area contributed by atoms with Crippen LogP contribution in [0.4, 0.5) is 0 Å². The van der Waals surface area contributed by atoms with Crippen LogP contribution in [0, 0.1) is 0 Å². The molecule has 0 saturated carbocycles. The zero-order valence-electron chi connectivity index (χ0n) is 12.0. The fourth-order valence-corrected chi connectivity index (χ4v) is 3.12. The van der Waals surface area contributed by atoms with Gasteiger partial charge in [-0.05, 0) is 17.2 Å². The average molecular weight is 319 g/mol. The molecule has 0 aliphatic carbocycles. The second-order valence-electron chi connectivity index (χ2n) is 5.43. The minimum atomic E-state index is -0.921. The van der Waals surface area contributed by atoms with Crippen molar-refractivity contribution >= 4 is 23.5 Å². The molecule has 1 aromatic carbocycles. The molecule has 1 aliphatic rings.